The Labute approximate surface area is 350 Å². The molecular weight excluding hydrogens is 825 g/mol. The third kappa shape index (κ3) is 7.51. The summed E-state index contributed by atoms with van der Waals surface area (Å²) in [4.78, 5) is 137. The van der Waals surface area contributed by atoms with Crippen molar-refractivity contribution < 1.29 is 58.2 Å². The Kier molecular flexibility index (Phi) is 11.5. The van der Waals surface area contributed by atoms with Crippen LogP contribution in [0.25, 0.3) is 0 Å². The highest BCUT2D eigenvalue weighted by atomic mass is 32.2. The largest absolute Gasteiger partial charge is 0.480 e. The molecule has 60 heavy (non-hydrogen) atoms. The molecule has 0 saturated carbocycles. The van der Waals surface area contributed by atoms with E-state index < -0.39 is 116 Å². The van der Waals surface area contributed by atoms with Crippen molar-refractivity contribution in [3.05, 3.63) is 83.9 Å². The van der Waals surface area contributed by atoms with E-state index in [0.717, 1.165) is 33.3 Å². The zero-order valence-corrected chi connectivity index (χ0v) is 33.9. The van der Waals surface area contributed by atoms with E-state index in [4.69, 9.17) is 11.5 Å². The van der Waals surface area contributed by atoms with Gasteiger partial charge in [0.15, 0.2) is 0 Å². The SMILES string of the molecule is CC1(C)S[C@@H]2[C@H](N(C(=O)/C=C/C(=O)N(C(=O)C(NC(N)=O)c3ccccc3)[C@@H]3C(=O)N4[C@@H]3SC(C)(C)[C@@H]4C(=O)O)C(=O)C(NC(N)=O)c3ccccc3)C(=O)N2[C@H]1C(=O)O. The van der Waals surface area contributed by atoms with Gasteiger partial charge in [0.25, 0.3) is 35.4 Å². The summed E-state index contributed by atoms with van der Waals surface area (Å²) in [7, 11) is 0. The molecule has 4 aliphatic heterocycles. The van der Waals surface area contributed by atoms with Gasteiger partial charge < -0.3 is 42.1 Å². The normalized spacial score (nSPS) is 25.4. The van der Waals surface area contributed by atoms with Gasteiger partial charge in [0.1, 0.15) is 47.0 Å². The Morgan fingerprint density at radius 3 is 1.23 bits per heavy atom. The number of carbonyl (C=O) groups excluding carboxylic acids is 8. The number of aliphatic carboxylic acids is 2. The van der Waals surface area contributed by atoms with Crippen molar-refractivity contribution in [2.45, 2.75) is 84.2 Å². The monoisotopic (exact) mass is 864 g/mol. The van der Waals surface area contributed by atoms with Crippen LogP contribution in [-0.4, -0.2) is 134 Å². The standard InChI is InChI=1S/C38H40N8O12S2/c1-37(2)25(33(53)54)45-29(51)23(31(45)59-37)43(27(49)21(41-35(39)57)17-11-7-5-8-12-17)19(47)15-16-20(48)44(28(50)22(42-36(40)58)18-13-9-6-10-14-18)24-30(52)46-26(34(55)56)38(3,4)60-32(24)46/h5-16,21-26,31-32H,1-4H3,(H,53,54)(H,55,56)(H3,39,41,57)(H3,40,42,58)/b16-15+/t21?,22?,23-,24-,25+,26+,31-,32-/m1/s1. The number of nitrogens with zero attached hydrogens (tertiary/aromatic N) is 4. The average Bonchev–Trinajstić information content (AvgIpc) is 3.59. The Bertz CT molecular complexity index is 2070. The Balaban J connectivity index is 1.41. The minimum Gasteiger partial charge on any atom is -0.480 e. The lowest BCUT2D eigenvalue weighted by Gasteiger charge is -2.48. The van der Waals surface area contributed by atoms with Crippen LogP contribution >= 0.6 is 23.5 Å². The fraction of sp³-hybridized carbons (Fsp3) is 0.368. The van der Waals surface area contributed by atoms with Gasteiger partial charge in [0.05, 0.1) is 0 Å². The molecule has 8 atom stereocenters. The molecule has 0 aromatic heterocycles. The van der Waals surface area contributed by atoms with E-state index in [1.54, 1.807) is 39.8 Å². The smallest absolute Gasteiger partial charge is 0.327 e. The van der Waals surface area contributed by atoms with Gasteiger partial charge in [-0.1, -0.05) is 60.7 Å². The Morgan fingerprint density at radius 2 is 0.950 bits per heavy atom. The third-order valence-electron chi connectivity index (χ3n) is 10.5. The summed E-state index contributed by atoms with van der Waals surface area (Å²) in [6.45, 7) is 6.28. The number of hydrogen-bond acceptors (Lipinski definition) is 12. The molecule has 0 radical (unpaired) electrons. The molecule has 20 nitrogen and oxygen atoms in total. The number of urea groups is 2. The zero-order valence-electron chi connectivity index (χ0n) is 32.3. The molecule has 10 amide bonds. The van der Waals surface area contributed by atoms with Gasteiger partial charge in [-0.2, -0.15) is 0 Å². The fourth-order valence-electron chi connectivity index (χ4n) is 7.96. The van der Waals surface area contributed by atoms with Crippen molar-refractivity contribution in [2.24, 2.45) is 11.5 Å². The summed E-state index contributed by atoms with van der Waals surface area (Å²) < 4.78 is -2.20. The van der Waals surface area contributed by atoms with Crippen LogP contribution in [0.1, 0.15) is 50.9 Å². The second-order valence-corrected chi connectivity index (χ2v) is 18.8. The number of imide groups is 2. The number of carboxylic acids is 2. The van der Waals surface area contributed by atoms with E-state index in [9.17, 15) is 58.2 Å². The van der Waals surface area contributed by atoms with Gasteiger partial charge in [-0.15, -0.1) is 23.5 Å². The maximum absolute atomic E-state index is 14.5. The number of nitrogens with one attached hydrogen (secondary N) is 2. The lowest BCUT2D eigenvalue weighted by atomic mass is 9.94. The number of carbonyl (C=O) groups is 10. The average molecular weight is 865 g/mol. The van der Waals surface area contributed by atoms with Crippen molar-refractivity contribution in [3.8, 4) is 0 Å². The Hall–Kier alpha value is -6.42. The number of carboxylic acid groups (broad SMARTS) is 2. The molecule has 2 aromatic rings. The van der Waals surface area contributed by atoms with Crippen LogP contribution in [0, 0.1) is 0 Å². The van der Waals surface area contributed by atoms with Gasteiger partial charge >= 0.3 is 24.0 Å². The summed E-state index contributed by atoms with van der Waals surface area (Å²) in [5, 5.41) is 22.4. The molecule has 2 unspecified atom stereocenters. The van der Waals surface area contributed by atoms with Crippen LogP contribution in [0.4, 0.5) is 9.59 Å². The molecule has 2 aromatic carbocycles. The number of nitrogens with two attached hydrogens (primary N) is 2. The van der Waals surface area contributed by atoms with Gasteiger partial charge in [-0.3, -0.25) is 38.6 Å². The van der Waals surface area contributed by atoms with Crippen LogP contribution < -0.4 is 22.1 Å². The summed E-state index contributed by atoms with van der Waals surface area (Å²) in [5.74, 6) is -9.52. The molecule has 316 valence electrons. The highest BCUT2D eigenvalue weighted by molar-refractivity contribution is 8.02. The molecule has 0 spiro atoms. The van der Waals surface area contributed by atoms with Crippen LogP contribution in [0.3, 0.4) is 0 Å². The molecule has 22 heteroatoms. The van der Waals surface area contributed by atoms with E-state index in [1.165, 1.54) is 48.5 Å². The highest BCUT2D eigenvalue weighted by Gasteiger charge is 2.68. The molecular formula is C38H40N8O12S2. The predicted molar refractivity (Wildman–Crippen MR) is 212 cm³/mol. The van der Waals surface area contributed by atoms with Crippen molar-refractivity contribution >= 4 is 83.0 Å². The maximum atomic E-state index is 14.5. The van der Waals surface area contributed by atoms with E-state index >= 15 is 0 Å². The van der Waals surface area contributed by atoms with E-state index in [-0.39, 0.29) is 11.1 Å². The molecule has 4 fully saturated rings. The van der Waals surface area contributed by atoms with Crippen LogP contribution in [0.2, 0.25) is 0 Å². The van der Waals surface area contributed by atoms with Crippen LogP contribution in [0.15, 0.2) is 72.8 Å². The lowest BCUT2D eigenvalue weighted by Crippen LogP contribution is -2.73. The first-order valence-corrected chi connectivity index (χ1v) is 20.0. The Morgan fingerprint density at radius 1 is 0.633 bits per heavy atom. The lowest BCUT2D eigenvalue weighted by molar-refractivity contribution is -0.172. The number of thioether (sulfide) groups is 2. The number of primary amides is 2. The summed E-state index contributed by atoms with van der Waals surface area (Å²) in [6.07, 6.45) is 1.13. The van der Waals surface area contributed by atoms with Crippen molar-refractivity contribution in [1.29, 1.82) is 0 Å². The zero-order chi connectivity index (χ0) is 44.2. The second kappa shape index (κ2) is 16.0. The predicted octanol–water partition coefficient (Wildman–Crippen LogP) is 0.103. The number of β-lactam (4-membered cyclic amide) rings is 2. The number of rotatable bonds is 12. The molecule has 4 heterocycles. The topological polar surface area (TPSA) is 300 Å². The minimum absolute atomic E-state index is 0.140. The van der Waals surface area contributed by atoms with Gasteiger partial charge in [-0.25, -0.2) is 19.2 Å². The first-order valence-electron chi connectivity index (χ1n) is 18.2. The highest BCUT2D eigenvalue weighted by Crippen LogP contribution is 2.53. The van der Waals surface area contributed by atoms with E-state index in [2.05, 4.69) is 10.6 Å². The van der Waals surface area contributed by atoms with Crippen molar-refractivity contribution in [3.63, 3.8) is 0 Å². The summed E-state index contributed by atoms with van der Waals surface area (Å²) >= 11 is 2.01. The second-order valence-electron chi connectivity index (χ2n) is 15.2. The fourth-order valence-corrected chi connectivity index (χ4v) is 11.3. The van der Waals surface area contributed by atoms with E-state index in [0.29, 0.717) is 22.0 Å². The van der Waals surface area contributed by atoms with Gasteiger partial charge in [0, 0.05) is 21.6 Å². The third-order valence-corrected chi connectivity index (χ3v) is 13.6. The van der Waals surface area contributed by atoms with Crippen molar-refractivity contribution in [1.82, 2.24) is 30.2 Å². The number of amides is 10. The van der Waals surface area contributed by atoms with Crippen LogP contribution in [0.5, 0.6) is 0 Å². The first-order chi connectivity index (χ1) is 28.1. The van der Waals surface area contributed by atoms with Crippen molar-refractivity contribution in [2.75, 3.05) is 0 Å². The number of fused-ring (bicyclic) bond motifs is 2. The van der Waals surface area contributed by atoms with Gasteiger partial charge in [-0.05, 0) is 38.8 Å². The molecule has 0 bridgehead atoms. The first kappa shape index (κ1) is 43.2. The maximum Gasteiger partial charge on any atom is 0.327 e. The summed E-state index contributed by atoms with van der Waals surface area (Å²) in [6, 6.07) is 3.39. The molecule has 8 N–H and O–H groups in total. The summed E-state index contributed by atoms with van der Waals surface area (Å²) in [5.41, 5.74) is 11.1. The number of hydrogen-bond donors (Lipinski definition) is 6. The van der Waals surface area contributed by atoms with Gasteiger partial charge in [0.2, 0.25) is 0 Å². The molecule has 0 aliphatic carbocycles. The molecule has 6 rings (SSSR count). The molecule has 4 aliphatic rings. The molecule has 4 saturated heterocycles. The van der Waals surface area contributed by atoms with E-state index in [1.807, 2.05) is 0 Å². The quantitative estimate of drug-likeness (QED) is 0.122. The number of benzene rings is 2. The minimum atomic E-state index is -1.67. The van der Waals surface area contributed by atoms with Crippen LogP contribution in [-0.2, 0) is 38.4 Å².